The van der Waals surface area contributed by atoms with E-state index in [1.807, 2.05) is 32.0 Å². The normalized spacial score (nSPS) is 10.6. The zero-order chi connectivity index (χ0) is 16.4. The molecule has 0 amide bonds. The fourth-order valence-corrected chi connectivity index (χ4v) is 3.15. The molecule has 0 aliphatic rings. The van der Waals surface area contributed by atoms with Crippen molar-refractivity contribution in [3.8, 4) is 10.6 Å². The van der Waals surface area contributed by atoms with E-state index in [1.54, 1.807) is 36.6 Å². The molecule has 0 spiro atoms. The molecule has 2 heterocycles. The van der Waals surface area contributed by atoms with Gasteiger partial charge in [0.15, 0.2) is 5.78 Å². The topological polar surface area (TPSA) is 67.8 Å². The third kappa shape index (κ3) is 3.43. The molecule has 0 bridgehead atoms. The highest BCUT2D eigenvalue weighted by molar-refractivity contribution is 7.15. The number of hydrogen-bond donors (Lipinski definition) is 1. The summed E-state index contributed by atoms with van der Waals surface area (Å²) in [6, 6.07) is 9.16. The second-order valence-electron chi connectivity index (χ2n) is 5.17. The van der Waals surface area contributed by atoms with Gasteiger partial charge in [0.25, 0.3) is 0 Å². The van der Waals surface area contributed by atoms with Crippen molar-refractivity contribution in [2.75, 3.05) is 5.32 Å². The first-order valence-corrected chi connectivity index (χ1v) is 8.00. The fraction of sp³-hybridized carbons (Fsp3) is 0.176. The van der Waals surface area contributed by atoms with Gasteiger partial charge in [0.2, 0.25) is 5.95 Å². The first kappa shape index (κ1) is 15.3. The summed E-state index contributed by atoms with van der Waals surface area (Å²) in [6.07, 6.45) is 1.72. The Balaban J connectivity index is 1.90. The van der Waals surface area contributed by atoms with E-state index < -0.39 is 0 Å². The molecule has 1 N–H and O–H groups in total. The molecule has 3 aromatic rings. The predicted octanol–water partition coefficient (Wildman–Crippen LogP) is 4.16. The first-order chi connectivity index (χ1) is 11.0. The molecule has 5 nitrogen and oxygen atoms in total. The van der Waals surface area contributed by atoms with Crippen molar-refractivity contribution in [3.63, 3.8) is 0 Å². The van der Waals surface area contributed by atoms with Crippen LogP contribution in [0.1, 0.15) is 28.0 Å². The van der Waals surface area contributed by atoms with Crippen LogP contribution in [0.25, 0.3) is 10.6 Å². The van der Waals surface area contributed by atoms with Crippen LogP contribution in [0.3, 0.4) is 0 Å². The van der Waals surface area contributed by atoms with Crippen LogP contribution in [0.15, 0.2) is 36.5 Å². The number of rotatable bonds is 4. The largest absolute Gasteiger partial charge is 0.324 e. The Morgan fingerprint density at radius 3 is 2.70 bits per heavy atom. The van der Waals surface area contributed by atoms with Gasteiger partial charge in [-0.15, -0.1) is 11.3 Å². The van der Waals surface area contributed by atoms with E-state index in [0.29, 0.717) is 11.5 Å². The molecule has 0 saturated heterocycles. The molecule has 116 valence electrons. The van der Waals surface area contributed by atoms with Gasteiger partial charge in [-0.25, -0.2) is 15.0 Å². The number of nitrogens with one attached hydrogen (secondary N) is 1. The number of anilines is 2. The lowest BCUT2D eigenvalue weighted by Gasteiger charge is -2.07. The zero-order valence-electron chi connectivity index (χ0n) is 13.1. The maximum absolute atomic E-state index is 11.5. The molecule has 0 saturated carbocycles. The van der Waals surface area contributed by atoms with Crippen LogP contribution in [0, 0.1) is 13.8 Å². The molecule has 0 radical (unpaired) electrons. The number of thiazole rings is 1. The van der Waals surface area contributed by atoms with Crippen molar-refractivity contribution in [1.29, 1.82) is 0 Å². The van der Waals surface area contributed by atoms with Gasteiger partial charge in [0, 0.05) is 17.4 Å². The van der Waals surface area contributed by atoms with E-state index in [-0.39, 0.29) is 5.78 Å². The highest BCUT2D eigenvalue weighted by atomic mass is 32.1. The minimum Gasteiger partial charge on any atom is -0.324 e. The lowest BCUT2D eigenvalue weighted by Crippen LogP contribution is -1.99. The Hall–Kier alpha value is -2.60. The maximum atomic E-state index is 11.5. The molecule has 6 heteroatoms. The minimum absolute atomic E-state index is 0.0269. The summed E-state index contributed by atoms with van der Waals surface area (Å²) in [4.78, 5) is 25.7. The average molecular weight is 324 g/mol. The van der Waals surface area contributed by atoms with Crippen LogP contribution in [-0.4, -0.2) is 20.7 Å². The minimum atomic E-state index is 0.0269. The number of carbonyl (C=O) groups is 1. The Morgan fingerprint density at radius 2 is 2.00 bits per heavy atom. The molecular formula is C17H16N4OS. The lowest BCUT2D eigenvalue weighted by molar-refractivity contribution is 0.101. The van der Waals surface area contributed by atoms with Gasteiger partial charge in [-0.3, -0.25) is 4.79 Å². The number of nitrogens with zero attached hydrogens (tertiary/aromatic N) is 3. The zero-order valence-corrected chi connectivity index (χ0v) is 13.9. The van der Waals surface area contributed by atoms with Gasteiger partial charge in [-0.1, -0.05) is 12.1 Å². The third-order valence-electron chi connectivity index (χ3n) is 3.32. The standard InChI is InChI=1S/C17H16N4OS/c1-10-16(23-12(3)19-10)15-7-8-18-17(21-15)20-14-6-4-5-13(9-14)11(2)22/h4-9H,1-3H3,(H,18,20,21). The molecule has 23 heavy (non-hydrogen) atoms. The summed E-state index contributed by atoms with van der Waals surface area (Å²) in [6.45, 7) is 5.50. The molecule has 0 fully saturated rings. The van der Waals surface area contributed by atoms with Crippen LogP contribution in [0.4, 0.5) is 11.6 Å². The van der Waals surface area contributed by atoms with Gasteiger partial charge < -0.3 is 5.32 Å². The Labute approximate surface area is 138 Å². The SMILES string of the molecule is CC(=O)c1cccc(Nc2nccc(-c3sc(C)nc3C)n2)c1. The van der Waals surface area contributed by atoms with Crippen molar-refractivity contribution in [2.24, 2.45) is 0 Å². The van der Waals surface area contributed by atoms with Crippen molar-refractivity contribution in [3.05, 3.63) is 52.8 Å². The van der Waals surface area contributed by atoms with E-state index in [9.17, 15) is 4.79 Å². The van der Waals surface area contributed by atoms with Gasteiger partial charge in [0.05, 0.1) is 21.3 Å². The van der Waals surface area contributed by atoms with E-state index in [0.717, 1.165) is 27.0 Å². The quantitative estimate of drug-likeness (QED) is 0.730. The Morgan fingerprint density at radius 1 is 1.17 bits per heavy atom. The molecule has 1 aromatic carbocycles. The highest BCUT2D eigenvalue weighted by Gasteiger charge is 2.10. The summed E-state index contributed by atoms with van der Waals surface area (Å²) in [5, 5.41) is 4.16. The van der Waals surface area contributed by atoms with Crippen molar-refractivity contribution in [1.82, 2.24) is 15.0 Å². The molecular weight excluding hydrogens is 308 g/mol. The summed E-state index contributed by atoms with van der Waals surface area (Å²) in [5.41, 5.74) is 3.25. The van der Waals surface area contributed by atoms with Gasteiger partial charge in [-0.05, 0) is 39.0 Å². The number of benzene rings is 1. The number of carbonyl (C=O) groups excluding carboxylic acids is 1. The summed E-state index contributed by atoms with van der Waals surface area (Å²) in [7, 11) is 0. The molecule has 2 aromatic heterocycles. The van der Waals surface area contributed by atoms with Crippen LogP contribution < -0.4 is 5.32 Å². The predicted molar refractivity (Wildman–Crippen MR) is 92.3 cm³/mol. The third-order valence-corrected chi connectivity index (χ3v) is 4.41. The summed E-state index contributed by atoms with van der Waals surface area (Å²) >= 11 is 1.61. The number of aromatic nitrogens is 3. The van der Waals surface area contributed by atoms with Crippen LogP contribution >= 0.6 is 11.3 Å². The Kier molecular flexibility index (Phi) is 4.16. The van der Waals surface area contributed by atoms with Crippen LogP contribution in [0.5, 0.6) is 0 Å². The average Bonchev–Trinajstić information content (AvgIpc) is 2.86. The smallest absolute Gasteiger partial charge is 0.227 e. The van der Waals surface area contributed by atoms with Crippen molar-refractivity contribution >= 4 is 28.8 Å². The molecule has 0 aliphatic heterocycles. The molecule has 0 unspecified atom stereocenters. The van der Waals surface area contributed by atoms with Crippen molar-refractivity contribution < 1.29 is 4.79 Å². The summed E-state index contributed by atoms with van der Waals surface area (Å²) < 4.78 is 0. The number of Topliss-reactive ketones (excluding diaryl/α,β-unsaturated/α-hetero) is 1. The van der Waals surface area contributed by atoms with E-state index in [4.69, 9.17) is 0 Å². The molecule has 0 atom stereocenters. The first-order valence-electron chi connectivity index (χ1n) is 7.18. The van der Waals surface area contributed by atoms with Gasteiger partial charge >= 0.3 is 0 Å². The lowest BCUT2D eigenvalue weighted by atomic mass is 10.1. The summed E-state index contributed by atoms with van der Waals surface area (Å²) in [5.74, 6) is 0.521. The van der Waals surface area contributed by atoms with Crippen LogP contribution in [0.2, 0.25) is 0 Å². The molecule has 3 rings (SSSR count). The molecule has 0 aliphatic carbocycles. The Bertz CT molecular complexity index is 873. The monoisotopic (exact) mass is 324 g/mol. The van der Waals surface area contributed by atoms with E-state index in [1.165, 1.54) is 0 Å². The number of aryl methyl sites for hydroxylation is 2. The van der Waals surface area contributed by atoms with Crippen LogP contribution in [-0.2, 0) is 0 Å². The number of hydrogen-bond acceptors (Lipinski definition) is 6. The van der Waals surface area contributed by atoms with E-state index in [2.05, 4.69) is 20.3 Å². The van der Waals surface area contributed by atoms with Gasteiger partial charge in [-0.2, -0.15) is 0 Å². The second kappa shape index (κ2) is 6.26. The highest BCUT2D eigenvalue weighted by Crippen LogP contribution is 2.28. The van der Waals surface area contributed by atoms with E-state index >= 15 is 0 Å². The fourth-order valence-electron chi connectivity index (χ4n) is 2.26. The van der Waals surface area contributed by atoms with Crippen molar-refractivity contribution in [2.45, 2.75) is 20.8 Å². The number of ketones is 1. The second-order valence-corrected chi connectivity index (χ2v) is 6.38. The van der Waals surface area contributed by atoms with Gasteiger partial charge in [0.1, 0.15) is 0 Å². The maximum Gasteiger partial charge on any atom is 0.227 e.